The number of amides is 1. The van der Waals surface area contributed by atoms with E-state index in [1.54, 1.807) is 6.26 Å². The van der Waals surface area contributed by atoms with Crippen molar-refractivity contribution in [1.82, 2.24) is 4.90 Å². The molecule has 0 spiro atoms. The molecule has 1 aliphatic heterocycles. The van der Waals surface area contributed by atoms with Crippen LogP contribution in [0.4, 0.5) is 0 Å². The molecule has 0 N–H and O–H groups in total. The fraction of sp³-hybridized carbons (Fsp3) is 0.524. The number of fused-ring (bicyclic) bond motifs is 1. The average molecular weight is 357 g/mol. The van der Waals surface area contributed by atoms with Gasteiger partial charge in [0.05, 0.1) is 12.7 Å². The molecule has 1 amide bonds. The summed E-state index contributed by atoms with van der Waals surface area (Å²) in [6, 6.07) is 4.39. The lowest BCUT2D eigenvalue weighted by molar-refractivity contribution is -0.154. The lowest BCUT2D eigenvalue weighted by Gasteiger charge is -2.38. The van der Waals surface area contributed by atoms with Crippen LogP contribution in [0.2, 0.25) is 0 Å². The maximum absolute atomic E-state index is 12.5. The minimum Gasteiger partial charge on any atom is -0.464 e. The second kappa shape index (κ2) is 7.52. The van der Waals surface area contributed by atoms with Crippen molar-refractivity contribution in [2.24, 2.45) is 0 Å². The van der Waals surface area contributed by atoms with Crippen molar-refractivity contribution in [2.45, 2.75) is 65.5 Å². The van der Waals surface area contributed by atoms with Crippen molar-refractivity contribution in [1.29, 1.82) is 0 Å². The molecule has 1 fully saturated rings. The van der Waals surface area contributed by atoms with E-state index in [9.17, 15) is 9.59 Å². The Hall–Kier alpha value is -2.30. The number of benzene rings is 1. The Labute approximate surface area is 154 Å². The van der Waals surface area contributed by atoms with Gasteiger partial charge in [0.1, 0.15) is 5.58 Å². The van der Waals surface area contributed by atoms with E-state index >= 15 is 0 Å². The lowest BCUT2D eigenvalue weighted by atomic mass is 9.97. The number of carbonyl (C=O) groups excluding carboxylic acids is 2. The molecule has 1 saturated heterocycles. The predicted octanol–water partition coefficient (Wildman–Crippen LogP) is 3.92. The number of ether oxygens (including phenoxy) is 1. The van der Waals surface area contributed by atoms with Gasteiger partial charge in [0, 0.05) is 23.0 Å². The number of hydrogen-bond donors (Lipinski definition) is 0. The number of rotatable bonds is 4. The number of esters is 1. The normalized spacial score (nSPS) is 20.4. The highest BCUT2D eigenvalue weighted by Gasteiger charge is 2.29. The maximum atomic E-state index is 12.5. The number of nitrogens with zero attached hydrogens (tertiary/aromatic N) is 1. The molecule has 0 aliphatic carbocycles. The molecule has 5 heteroatoms. The third-order valence-electron chi connectivity index (χ3n) is 5.51. The Bertz CT molecular complexity index is 813. The van der Waals surface area contributed by atoms with Gasteiger partial charge in [-0.05, 0) is 58.1 Å². The number of hydrogen-bond acceptors (Lipinski definition) is 4. The largest absolute Gasteiger partial charge is 0.464 e. The maximum Gasteiger partial charge on any atom is 0.310 e. The highest BCUT2D eigenvalue weighted by Crippen LogP contribution is 2.27. The van der Waals surface area contributed by atoms with Crippen molar-refractivity contribution in [2.75, 3.05) is 6.61 Å². The van der Waals surface area contributed by atoms with Gasteiger partial charge < -0.3 is 14.1 Å². The van der Waals surface area contributed by atoms with Crippen LogP contribution in [-0.4, -0.2) is 35.5 Å². The second-order valence-corrected chi connectivity index (χ2v) is 7.41. The summed E-state index contributed by atoms with van der Waals surface area (Å²) in [4.78, 5) is 26.5. The SMILES string of the molecule is Cc1ccc2c(CC(=O)OCC(=O)N3[C@H](C)CCC[C@H]3C)coc2c1C. The highest BCUT2D eigenvalue weighted by molar-refractivity contribution is 5.89. The first kappa shape index (κ1) is 18.5. The van der Waals surface area contributed by atoms with Gasteiger partial charge in [0.15, 0.2) is 6.61 Å². The first-order valence-corrected chi connectivity index (χ1v) is 9.31. The number of likely N-dealkylation sites (tertiary alicyclic amines) is 1. The molecule has 26 heavy (non-hydrogen) atoms. The van der Waals surface area contributed by atoms with Gasteiger partial charge >= 0.3 is 5.97 Å². The fourth-order valence-electron chi connectivity index (χ4n) is 3.86. The highest BCUT2D eigenvalue weighted by atomic mass is 16.5. The average Bonchev–Trinajstić information content (AvgIpc) is 2.99. The van der Waals surface area contributed by atoms with Gasteiger partial charge in [-0.3, -0.25) is 9.59 Å². The molecule has 0 saturated carbocycles. The van der Waals surface area contributed by atoms with Crippen LogP contribution in [0.25, 0.3) is 11.0 Å². The molecular formula is C21H27NO4. The molecule has 2 atom stereocenters. The Morgan fingerprint density at radius 1 is 1.19 bits per heavy atom. The molecule has 1 aliphatic rings. The summed E-state index contributed by atoms with van der Waals surface area (Å²) in [5.41, 5.74) is 3.82. The van der Waals surface area contributed by atoms with E-state index in [2.05, 4.69) is 13.8 Å². The molecule has 1 aromatic carbocycles. The standard InChI is InChI=1S/C21H27NO4/c1-13-8-9-18-17(11-26-21(18)16(13)4)10-20(24)25-12-19(23)22-14(2)6-5-7-15(22)3/h8-9,11,14-15H,5-7,10,12H2,1-4H3/t14-,15-/m1/s1. The number of carbonyl (C=O) groups is 2. The Morgan fingerprint density at radius 3 is 2.58 bits per heavy atom. The van der Waals surface area contributed by atoms with E-state index in [0.29, 0.717) is 0 Å². The molecule has 5 nitrogen and oxygen atoms in total. The minimum absolute atomic E-state index is 0.105. The number of piperidine rings is 1. The van der Waals surface area contributed by atoms with Crippen LogP contribution in [-0.2, 0) is 20.7 Å². The zero-order valence-corrected chi connectivity index (χ0v) is 16.0. The Kier molecular flexibility index (Phi) is 5.35. The molecule has 0 unspecified atom stereocenters. The van der Waals surface area contributed by atoms with E-state index in [-0.39, 0.29) is 31.0 Å². The third kappa shape index (κ3) is 3.62. The number of furan rings is 1. The van der Waals surface area contributed by atoms with Crippen molar-refractivity contribution in [3.8, 4) is 0 Å². The predicted molar refractivity (Wildman–Crippen MR) is 100.0 cm³/mol. The summed E-state index contributed by atoms with van der Waals surface area (Å²) in [6.45, 7) is 7.94. The summed E-state index contributed by atoms with van der Waals surface area (Å²) in [6.07, 6.45) is 4.86. The van der Waals surface area contributed by atoms with Crippen molar-refractivity contribution in [3.05, 3.63) is 35.1 Å². The zero-order valence-electron chi connectivity index (χ0n) is 16.0. The third-order valence-corrected chi connectivity index (χ3v) is 5.51. The molecule has 0 radical (unpaired) electrons. The van der Waals surface area contributed by atoms with E-state index in [0.717, 1.165) is 46.9 Å². The molecule has 0 bridgehead atoms. The summed E-state index contributed by atoms with van der Waals surface area (Å²) in [7, 11) is 0. The molecule has 2 aromatic rings. The fourth-order valence-corrected chi connectivity index (χ4v) is 3.86. The molecular weight excluding hydrogens is 330 g/mol. The van der Waals surface area contributed by atoms with Crippen LogP contribution in [0.1, 0.15) is 49.8 Å². The van der Waals surface area contributed by atoms with Crippen molar-refractivity contribution < 1.29 is 18.7 Å². The summed E-state index contributed by atoms with van der Waals surface area (Å²) in [5.74, 6) is -0.516. The Morgan fingerprint density at radius 2 is 1.88 bits per heavy atom. The van der Waals surface area contributed by atoms with Gasteiger partial charge in [-0.2, -0.15) is 0 Å². The molecule has 140 valence electrons. The smallest absolute Gasteiger partial charge is 0.310 e. The topological polar surface area (TPSA) is 59.8 Å². The van der Waals surface area contributed by atoms with Crippen molar-refractivity contribution >= 4 is 22.8 Å². The van der Waals surface area contributed by atoms with E-state index in [4.69, 9.17) is 9.15 Å². The first-order valence-electron chi connectivity index (χ1n) is 9.31. The Balaban J connectivity index is 1.61. The number of aryl methyl sites for hydroxylation is 2. The first-order chi connectivity index (χ1) is 12.4. The van der Waals surface area contributed by atoms with Crippen LogP contribution in [0.15, 0.2) is 22.8 Å². The summed E-state index contributed by atoms with van der Waals surface area (Å²) in [5, 5.41) is 0.926. The summed E-state index contributed by atoms with van der Waals surface area (Å²) < 4.78 is 10.9. The van der Waals surface area contributed by atoms with Gasteiger partial charge in [0.2, 0.25) is 0 Å². The van der Waals surface area contributed by atoms with Crippen LogP contribution in [0.3, 0.4) is 0 Å². The molecule has 3 rings (SSSR count). The van der Waals surface area contributed by atoms with Crippen LogP contribution < -0.4 is 0 Å². The van der Waals surface area contributed by atoms with Gasteiger partial charge in [-0.25, -0.2) is 0 Å². The van der Waals surface area contributed by atoms with Crippen LogP contribution >= 0.6 is 0 Å². The second-order valence-electron chi connectivity index (χ2n) is 7.41. The molecule has 1 aromatic heterocycles. The monoisotopic (exact) mass is 357 g/mol. The van der Waals surface area contributed by atoms with Gasteiger partial charge in [-0.15, -0.1) is 0 Å². The zero-order chi connectivity index (χ0) is 18.8. The van der Waals surface area contributed by atoms with E-state index in [1.165, 1.54) is 0 Å². The van der Waals surface area contributed by atoms with Gasteiger partial charge in [-0.1, -0.05) is 12.1 Å². The van der Waals surface area contributed by atoms with Crippen LogP contribution in [0.5, 0.6) is 0 Å². The summed E-state index contributed by atoms with van der Waals surface area (Å²) >= 11 is 0. The quantitative estimate of drug-likeness (QED) is 0.778. The van der Waals surface area contributed by atoms with E-state index in [1.807, 2.05) is 30.9 Å². The van der Waals surface area contributed by atoms with E-state index < -0.39 is 5.97 Å². The van der Waals surface area contributed by atoms with Gasteiger partial charge in [0.25, 0.3) is 5.91 Å². The minimum atomic E-state index is -0.406. The van der Waals surface area contributed by atoms with Crippen LogP contribution in [0, 0.1) is 13.8 Å². The van der Waals surface area contributed by atoms with Crippen molar-refractivity contribution in [3.63, 3.8) is 0 Å². The molecule has 2 heterocycles. The lowest BCUT2D eigenvalue weighted by Crippen LogP contribution is -2.49.